The molecule has 0 radical (unpaired) electrons. The minimum atomic E-state index is -0.112. The smallest absolute Gasteiger partial charge is 0.251 e. The fourth-order valence-corrected chi connectivity index (χ4v) is 2.49. The zero-order valence-corrected chi connectivity index (χ0v) is 12.3. The Morgan fingerprint density at radius 1 is 1.50 bits per heavy atom. The van der Waals surface area contributed by atoms with Crippen LogP contribution in [0.3, 0.4) is 0 Å². The van der Waals surface area contributed by atoms with E-state index in [1.165, 1.54) is 0 Å². The van der Waals surface area contributed by atoms with Crippen molar-refractivity contribution >= 4 is 28.6 Å². The van der Waals surface area contributed by atoms with Gasteiger partial charge in [-0.15, -0.1) is 11.3 Å². The molecular formula is C14H18N4OS. The molecule has 0 spiro atoms. The summed E-state index contributed by atoms with van der Waals surface area (Å²) in [5, 5.41) is 8.99. The van der Waals surface area contributed by atoms with Crippen molar-refractivity contribution in [1.29, 1.82) is 0 Å². The maximum absolute atomic E-state index is 11.7. The zero-order valence-electron chi connectivity index (χ0n) is 11.5. The number of hydrogen-bond acceptors (Lipinski definition) is 5. The molecule has 6 heteroatoms. The molecule has 0 aliphatic rings. The van der Waals surface area contributed by atoms with Gasteiger partial charge in [0.25, 0.3) is 5.91 Å². The number of benzene rings is 1. The number of hydrogen-bond donors (Lipinski definition) is 3. The molecule has 2 rings (SSSR count). The van der Waals surface area contributed by atoms with Crippen molar-refractivity contribution < 1.29 is 4.79 Å². The lowest BCUT2D eigenvalue weighted by molar-refractivity contribution is 0.0956. The third-order valence-corrected chi connectivity index (χ3v) is 3.80. The van der Waals surface area contributed by atoms with Crippen molar-refractivity contribution in [1.82, 2.24) is 10.3 Å². The minimum absolute atomic E-state index is 0.0765. The predicted octanol–water partition coefficient (Wildman–Crippen LogP) is 2.65. The quantitative estimate of drug-likeness (QED) is 0.740. The molecule has 4 N–H and O–H groups in total. The Balaban J connectivity index is 2.12. The molecule has 0 fully saturated rings. The van der Waals surface area contributed by atoms with Crippen LogP contribution in [0.2, 0.25) is 0 Å². The van der Waals surface area contributed by atoms with Crippen LogP contribution in [0.1, 0.15) is 35.3 Å². The van der Waals surface area contributed by atoms with E-state index in [1.54, 1.807) is 29.7 Å². The number of carbonyl (C=O) groups excluding carboxylic acids is 1. The highest BCUT2D eigenvalue weighted by Gasteiger charge is 2.11. The molecule has 0 aliphatic heterocycles. The van der Waals surface area contributed by atoms with E-state index >= 15 is 0 Å². The molecule has 0 saturated heterocycles. The first-order valence-electron chi connectivity index (χ1n) is 6.45. The van der Waals surface area contributed by atoms with E-state index in [2.05, 4.69) is 15.6 Å². The molecular weight excluding hydrogens is 272 g/mol. The number of aromatic nitrogens is 1. The summed E-state index contributed by atoms with van der Waals surface area (Å²) in [6.45, 7) is 4.50. The molecule has 1 atom stereocenters. The summed E-state index contributed by atoms with van der Waals surface area (Å²) in [7, 11) is 0. The van der Waals surface area contributed by atoms with Gasteiger partial charge in [0.15, 0.2) is 0 Å². The first-order chi connectivity index (χ1) is 9.61. The molecule has 1 aromatic heterocycles. The van der Waals surface area contributed by atoms with Crippen molar-refractivity contribution in [3.05, 3.63) is 40.3 Å². The standard InChI is InChI=1S/C14H18N4OS/c1-3-16-13(19)10-4-5-12(11(15)8-10)18-9(2)14-17-6-7-20-14/h4-9,18H,3,15H2,1-2H3,(H,16,19). The summed E-state index contributed by atoms with van der Waals surface area (Å²) >= 11 is 1.59. The number of nitrogen functional groups attached to an aromatic ring is 1. The van der Waals surface area contributed by atoms with Crippen LogP contribution in [0.15, 0.2) is 29.8 Å². The van der Waals surface area contributed by atoms with Gasteiger partial charge in [-0.1, -0.05) is 0 Å². The molecule has 106 valence electrons. The van der Waals surface area contributed by atoms with Crippen molar-refractivity contribution in [2.45, 2.75) is 19.9 Å². The Hall–Kier alpha value is -2.08. The lowest BCUT2D eigenvalue weighted by Crippen LogP contribution is -2.22. The highest BCUT2D eigenvalue weighted by Crippen LogP contribution is 2.26. The van der Waals surface area contributed by atoms with Gasteiger partial charge in [0.05, 0.1) is 17.4 Å². The molecule has 1 heterocycles. The van der Waals surface area contributed by atoms with Gasteiger partial charge in [-0.25, -0.2) is 4.98 Å². The number of carbonyl (C=O) groups is 1. The summed E-state index contributed by atoms with van der Waals surface area (Å²) in [5.74, 6) is -0.112. The number of nitrogens with two attached hydrogens (primary N) is 1. The van der Waals surface area contributed by atoms with E-state index in [0.717, 1.165) is 10.7 Å². The van der Waals surface area contributed by atoms with E-state index in [0.29, 0.717) is 17.8 Å². The van der Waals surface area contributed by atoms with Gasteiger partial charge in [0, 0.05) is 23.7 Å². The number of nitrogens with zero attached hydrogens (tertiary/aromatic N) is 1. The highest BCUT2D eigenvalue weighted by atomic mass is 32.1. The maximum atomic E-state index is 11.7. The largest absolute Gasteiger partial charge is 0.397 e. The summed E-state index contributed by atoms with van der Waals surface area (Å²) in [5.41, 5.74) is 7.92. The second-order valence-electron chi connectivity index (χ2n) is 4.40. The molecule has 1 amide bonds. The van der Waals surface area contributed by atoms with Crippen LogP contribution >= 0.6 is 11.3 Å². The van der Waals surface area contributed by atoms with Gasteiger partial charge in [0.2, 0.25) is 0 Å². The fraction of sp³-hybridized carbons (Fsp3) is 0.286. The lowest BCUT2D eigenvalue weighted by atomic mass is 10.1. The summed E-state index contributed by atoms with van der Waals surface area (Å²) in [6, 6.07) is 5.34. The fourth-order valence-electron chi connectivity index (χ4n) is 1.84. The topological polar surface area (TPSA) is 80.0 Å². The molecule has 0 bridgehead atoms. The van der Waals surface area contributed by atoms with E-state index < -0.39 is 0 Å². The third kappa shape index (κ3) is 3.27. The van der Waals surface area contributed by atoms with Crippen LogP contribution in [0.25, 0.3) is 0 Å². The number of thiazole rings is 1. The van der Waals surface area contributed by atoms with Gasteiger partial charge in [-0.2, -0.15) is 0 Å². The Morgan fingerprint density at radius 3 is 2.90 bits per heavy atom. The van der Waals surface area contributed by atoms with Gasteiger partial charge >= 0.3 is 0 Å². The van der Waals surface area contributed by atoms with Gasteiger partial charge in [0.1, 0.15) is 5.01 Å². The predicted molar refractivity (Wildman–Crippen MR) is 83.0 cm³/mol. The van der Waals surface area contributed by atoms with Crippen LogP contribution in [0.5, 0.6) is 0 Å². The first-order valence-corrected chi connectivity index (χ1v) is 7.33. The second kappa shape index (κ2) is 6.38. The van der Waals surface area contributed by atoms with Gasteiger partial charge < -0.3 is 16.4 Å². The number of rotatable bonds is 5. The number of nitrogens with one attached hydrogen (secondary N) is 2. The molecule has 0 saturated carbocycles. The van der Waals surface area contributed by atoms with Crippen molar-refractivity contribution in [2.75, 3.05) is 17.6 Å². The van der Waals surface area contributed by atoms with E-state index in [9.17, 15) is 4.79 Å². The molecule has 2 aromatic rings. The average Bonchev–Trinajstić information content (AvgIpc) is 2.95. The zero-order chi connectivity index (χ0) is 14.5. The molecule has 5 nitrogen and oxygen atoms in total. The van der Waals surface area contributed by atoms with Crippen molar-refractivity contribution in [3.63, 3.8) is 0 Å². The highest BCUT2D eigenvalue weighted by molar-refractivity contribution is 7.09. The van der Waals surface area contributed by atoms with Crippen molar-refractivity contribution in [3.8, 4) is 0 Å². The average molecular weight is 290 g/mol. The Labute approximate surface area is 122 Å². The van der Waals surface area contributed by atoms with E-state index in [-0.39, 0.29) is 11.9 Å². The Morgan fingerprint density at radius 2 is 2.30 bits per heavy atom. The number of amides is 1. The SMILES string of the molecule is CCNC(=O)c1ccc(NC(C)c2nccs2)c(N)c1. The summed E-state index contributed by atoms with van der Waals surface area (Å²) < 4.78 is 0. The van der Waals surface area contributed by atoms with Crippen LogP contribution < -0.4 is 16.4 Å². The van der Waals surface area contributed by atoms with Gasteiger partial charge in [-0.05, 0) is 32.0 Å². The van der Waals surface area contributed by atoms with Crippen molar-refractivity contribution in [2.24, 2.45) is 0 Å². The summed E-state index contributed by atoms with van der Waals surface area (Å²) in [6.07, 6.45) is 1.78. The van der Waals surface area contributed by atoms with Crippen LogP contribution in [0, 0.1) is 0 Å². The second-order valence-corrected chi connectivity index (χ2v) is 5.32. The monoisotopic (exact) mass is 290 g/mol. The maximum Gasteiger partial charge on any atom is 0.251 e. The Bertz CT molecular complexity index is 583. The number of anilines is 2. The Kier molecular flexibility index (Phi) is 4.57. The van der Waals surface area contributed by atoms with E-state index in [1.807, 2.05) is 25.3 Å². The van der Waals surface area contributed by atoms with Crippen LogP contribution in [-0.4, -0.2) is 17.4 Å². The summed E-state index contributed by atoms with van der Waals surface area (Å²) in [4.78, 5) is 16.0. The molecule has 1 aromatic carbocycles. The minimum Gasteiger partial charge on any atom is -0.397 e. The normalized spacial score (nSPS) is 11.9. The molecule has 1 unspecified atom stereocenters. The molecule has 0 aliphatic carbocycles. The lowest BCUT2D eigenvalue weighted by Gasteiger charge is -2.15. The molecule has 20 heavy (non-hydrogen) atoms. The first kappa shape index (κ1) is 14.3. The third-order valence-electron chi connectivity index (χ3n) is 2.84. The van der Waals surface area contributed by atoms with E-state index in [4.69, 9.17) is 5.73 Å². The van der Waals surface area contributed by atoms with Crippen LogP contribution in [-0.2, 0) is 0 Å². The van der Waals surface area contributed by atoms with Gasteiger partial charge in [-0.3, -0.25) is 4.79 Å². The van der Waals surface area contributed by atoms with Crippen LogP contribution in [0.4, 0.5) is 11.4 Å².